The van der Waals surface area contributed by atoms with E-state index in [9.17, 15) is 4.79 Å². The van der Waals surface area contributed by atoms with Crippen LogP contribution in [0.25, 0.3) is 10.9 Å². The SMILES string of the molecule is O=C(COc1ccccc1)N1CCC(c2nnc(Cc3c[nH]c4ccccc34)o2)C1. The third-order valence-electron chi connectivity index (χ3n) is 5.49. The van der Waals surface area contributed by atoms with Crippen molar-refractivity contribution < 1.29 is 13.9 Å². The minimum atomic E-state index is -0.0279. The lowest BCUT2D eigenvalue weighted by Crippen LogP contribution is -2.32. The molecule has 3 heterocycles. The summed E-state index contributed by atoms with van der Waals surface area (Å²) in [4.78, 5) is 17.5. The van der Waals surface area contributed by atoms with Crippen molar-refractivity contribution in [1.29, 1.82) is 0 Å². The molecule has 1 amide bonds. The van der Waals surface area contributed by atoms with Crippen LogP contribution < -0.4 is 4.74 Å². The Morgan fingerprint density at radius 2 is 1.97 bits per heavy atom. The topological polar surface area (TPSA) is 84.2 Å². The predicted octanol–water partition coefficient (Wildman–Crippen LogP) is 3.54. The molecule has 0 saturated carbocycles. The zero-order chi connectivity index (χ0) is 20.3. The number of amides is 1. The van der Waals surface area contributed by atoms with E-state index in [1.54, 1.807) is 4.90 Å². The molecule has 0 bridgehead atoms. The molecule has 2 aromatic carbocycles. The van der Waals surface area contributed by atoms with E-state index in [0.717, 1.165) is 22.9 Å². The maximum Gasteiger partial charge on any atom is 0.260 e. The highest BCUT2D eigenvalue weighted by atomic mass is 16.5. The zero-order valence-electron chi connectivity index (χ0n) is 16.5. The number of aromatic nitrogens is 3. The third-order valence-corrected chi connectivity index (χ3v) is 5.49. The van der Waals surface area contributed by atoms with E-state index in [1.807, 2.05) is 54.7 Å². The van der Waals surface area contributed by atoms with E-state index in [0.29, 0.717) is 37.0 Å². The van der Waals surface area contributed by atoms with Crippen LogP contribution in [-0.2, 0) is 11.2 Å². The predicted molar refractivity (Wildman–Crippen MR) is 111 cm³/mol. The maximum atomic E-state index is 12.5. The molecule has 1 saturated heterocycles. The number of nitrogens with zero attached hydrogens (tertiary/aromatic N) is 3. The average molecular weight is 402 g/mol. The molecule has 4 aromatic rings. The fraction of sp³-hybridized carbons (Fsp3) is 0.261. The summed E-state index contributed by atoms with van der Waals surface area (Å²) in [5.41, 5.74) is 2.22. The molecule has 30 heavy (non-hydrogen) atoms. The summed E-state index contributed by atoms with van der Waals surface area (Å²) in [6, 6.07) is 17.5. The Bertz CT molecular complexity index is 1150. The van der Waals surface area contributed by atoms with E-state index in [-0.39, 0.29) is 18.4 Å². The number of H-pyrrole nitrogens is 1. The van der Waals surface area contributed by atoms with Crippen LogP contribution in [0.3, 0.4) is 0 Å². The van der Waals surface area contributed by atoms with Crippen LogP contribution in [0, 0.1) is 0 Å². The Morgan fingerprint density at radius 3 is 2.87 bits per heavy atom. The monoisotopic (exact) mass is 402 g/mol. The van der Waals surface area contributed by atoms with Crippen molar-refractivity contribution in [3.63, 3.8) is 0 Å². The van der Waals surface area contributed by atoms with Gasteiger partial charge in [0.1, 0.15) is 5.75 Å². The van der Waals surface area contributed by atoms with Crippen LogP contribution in [0.4, 0.5) is 0 Å². The fourth-order valence-electron chi connectivity index (χ4n) is 3.89. The largest absolute Gasteiger partial charge is 0.484 e. The van der Waals surface area contributed by atoms with Gasteiger partial charge in [-0.1, -0.05) is 36.4 Å². The molecule has 5 rings (SSSR count). The molecule has 1 aliphatic heterocycles. The van der Waals surface area contributed by atoms with Gasteiger partial charge in [-0.15, -0.1) is 10.2 Å². The first-order valence-corrected chi connectivity index (χ1v) is 10.1. The molecule has 0 radical (unpaired) electrons. The number of para-hydroxylation sites is 2. The summed E-state index contributed by atoms with van der Waals surface area (Å²) in [7, 11) is 0. The van der Waals surface area contributed by atoms with E-state index in [4.69, 9.17) is 9.15 Å². The summed E-state index contributed by atoms with van der Waals surface area (Å²) >= 11 is 0. The lowest BCUT2D eigenvalue weighted by atomic mass is 10.1. The molecule has 2 aromatic heterocycles. The molecule has 1 unspecified atom stereocenters. The number of ether oxygens (including phenoxy) is 1. The smallest absolute Gasteiger partial charge is 0.260 e. The maximum absolute atomic E-state index is 12.5. The van der Waals surface area contributed by atoms with Gasteiger partial charge in [0.05, 0.1) is 12.3 Å². The number of nitrogens with one attached hydrogen (secondary N) is 1. The van der Waals surface area contributed by atoms with Crippen LogP contribution in [0.2, 0.25) is 0 Å². The van der Waals surface area contributed by atoms with Gasteiger partial charge >= 0.3 is 0 Å². The van der Waals surface area contributed by atoms with Crippen molar-refractivity contribution in [1.82, 2.24) is 20.1 Å². The van der Waals surface area contributed by atoms with Crippen molar-refractivity contribution in [2.75, 3.05) is 19.7 Å². The highest BCUT2D eigenvalue weighted by molar-refractivity contribution is 5.83. The summed E-state index contributed by atoms with van der Waals surface area (Å²) in [6.45, 7) is 1.28. The Labute approximate surface area is 173 Å². The molecule has 7 heteroatoms. The number of likely N-dealkylation sites (tertiary alicyclic amines) is 1. The van der Waals surface area contributed by atoms with E-state index in [1.165, 1.54) is 0 Å². The van der Waals surface area contributed by atoms with Gasteiger partial charge in [0, 0.05) is 30.2 Å². The van der Waals surface area contributed by atoms with Gasteiger partial charge in [-0.3, -0.25) is 4.79 Å². The van der Waals surface area contributed by atoms with Crippen molar-refractivity contribution in [3.05, 3.63) is 78.1 Å². The van der Waals surface area contributed by atoms with Crippen LogP contribution in [0.5, 0.6) is 5.75 Å². The standard InChI is InChI=1S/C23H22N4O3/c28-22(15-29-18-6-2-1-3-7-18)27-11-10-16(14-27)23-26-25-21(30-23)12-17-13-24-20-9-5-4-8-19(17)20/h1-9,13,16,24H,10-12,14-15H2. The Morgan fingerprint density at radius 1 is 1.13 bits per heavy atom. The molecule has 0 aliphatic carbocycles. The van der Waals surface area contributed by atoms with Crippen LogP contribution >= 0.6 is 0 Å². The molecule has 7 nitrogen and oxygen atoms in total. The minimum absolute atomic E-state index is 0.0279. The van der Waals surface area contributed by atoms with E-state index in [2.05, 4.69) is 21.2 Å². The quantitative estimate of drug-likeness (QED) is 0.533. The Kier molecular flexibility index (Phi) is 4.93. The molecule has 152 valence electrons. The number of fused-ring (bicyclic) bond motifs is 1. The second-order valence-corrected chi connectivity index (χ2v) is 7.50. The van der Waals surface area contributed by atoms with Crippen LogP contribution in [0.15, 0.2) is 65.2 Å². The molecule has 1 fully saturated rings. The first-order chi connectivity index (χ1) is 14.8. The number of rotatable bonds is 6. The number of hydrogen-bond donors (Lipinski definition) is 1. The van der Waals surface area contributed by atoms with E-state index >= 15 is 0 Å². The van der Waals surface area contributed by atoms with Crippen molar-refractivity contribution in [2.24, 2.45) is 0 Å². The number of carbonyl (C=O) groups is 1. The molecule has 0 spiro atoms. The van der Waals surface area contributed by atoms with Gasteiger partial charge in [-0.2, -0.15) is 0 Å². The first-order valence-electron chi connectivity index (χ1n) is 10.1. The normalized spacial score (nSPS) is 16.3. The third kappa shape index (κ3) is 3.78. The zero-order valence-corrected chi connectivity index (χ0v) is 16.5. The fourth-order valence-corrected chi connectivity index (χ4v) is 3.89. The van der Waals surface area contributed by atoms with Crippen molar-refractivity contribution in [2.45, 2.75) is 18.8 Å². The summed E-state index contributed by atoms with van der Waals surface area (Å²) < 4.78 is 11.5. The highest BCUT2D eigenvalue weighted by Crippen LogP contribution is 2.27. The van der Waals surface area contributed by atoms with Gasteiger partial charge in [0.25, 0.3) is 5.91 Å². The number of carbonyl (C=O) groups excluding carboxylic acids is 1. The molecular weight excluding hydrogens is 380 g/mol. The number of aromatic amines is 1. The van der Waals surface area contributed by atoms with Crippen molar-refractivity contribution in [3.8, 4) is 5.75 Å². The Balaban J connectivity index is 1.19. The minimum Gasteiger partial charge on any atom is -0.484 e. The Hall–Kier alpha value is -3.61. The van der Waals surface area contributed by atoms with Gasteiger partial charge in [0.15, 0.2) is 6.61 Å². The first kappa shape index (κ1) is 18.4. The van der Waals surface area contributed by atoms with E-state index < -0.39 is 0 Å². The van der Waals surface area contributed by atoms with Gasteiger partial charge in [0.2, 0.25) is 11.8 Å². The molecule has 1 atom stereocenters. The lowest BCUT2D eigenvalue weighted by molar-refractivity contribution is -0.132. The second-order valence-electron chi connectivity index (χ2n) is 7.50. The van der Waals surface area contributed by atoms with Crippen molar-refractivity contribution >= 4 is 16.8 Å². The summed E-state index contributed by atoms with van der Waals surface area (Å²) in [6.07, 6.45) is 3.38. The van der Waals surface area contributed by atoms with Crippen LogP contribution in [-0.4, -0.2) is 45.7 Å². The average Bonchev–Trinajstić information content (AvgIpc) is 3.53. The van der Waals surface area contributed by atoms with Crippen LogP contribution in [0.1, 0.15) is 29.7 Å². The second kappa shape index (κ2) is 8.02. The number of benzene rings is 2. The summed E-state index contributed by atoms with van der Waals surface area (Å²) in [5, 5.41) is 9.64. The van der Waals surface area contributed by atoms with Gasteiger partial charge in [-0.05, 0) is 30.2 Å². The molecule has 1 N–H and O–H groups in total. The number of hydrogen-bond acceptors (Lipinski definition) is 5. The lowest BCUT2D eigenvalue weighted by Gasteiger charge is -2.16. The highest BCUT2D eigenvalue weighted by Gasteiger charge is 2.31. The molecule has 1 aliphatic rings. The van der Waals surface area contributed by atoms with Gasteiger partial charge in [-0.25, -0.2) is 0 Å². The summed E-state index contributed by atoms with van der Waals surface area (Å²) in [5.74, 6) is 1.92. The molecular formula is C23H22N4O3. The van der Waals surface area contributed by atoms with Gasteiger partial charge < -0.3 is 19.0 Å².